The Kier molecular flexibility index (Phi) is 7.79. The molecule has 0 bridgehead atoms. The van der Waals surface area contributed by atoms with E-state index in [1.807, 2.05) is 0 Å². The third-order valence-corrected chi connectivity index (χ3v) is 6.04. The summed E-state index contributed by atoms with van der Waals surface area (Å²) in [5, 5.41) is 1.85. The molecule has 0 aliphatic rings. The van der Waals surface area contributed by atoms with Crippen molar-refractivity contribution in [2.75, 3.05) is 22.7 Å². The first-order chi connectivity index (χ1) is 7.24. The van der Waals surface area contributed by atoms with Gasteiger partial charge in [0.15, 0.2) is 0 Å². The zero-order chi connectivity index (χ0) is 12.8. The topological polar surface area (TPSA) is 34.1 Å². The summed E-state index contributed by atoms with van der Waals surface area (Å²) in [4.78, 5) is 0. The summed E-state index contributed by atoms with van der Waals surface area (Å²) < 4.78 is 22.2. The average Bonchev–Trinajstić information content (AvgIpc) is 2.13. The van der Waals surface area contributed by atoms with Gasteiger partial charge in [0.25, 0.3) is 0 Å². The van der Waals surface area contributed by atoms with Gasteiger partial charge in [0.1, 0.15) is 9.84 Å². The highest BCUT2D eigenvalue weighted by Crippen LogP contribution is 2.35. The molecular formula is C11H22Br2O2S. The molecule has 0 radical (unpaired) electrons. The summed E-state index contributed by atoms with van der Waals surface area (Å²) in [6.45, 7) is 4.41. The number of halogens is 2. The van der Waals surface area contributed by atoms with Crippen LogP contribution in [0.2, 0.25) is 0 Å². The van der Waals surface area contributed by atoms with Crippen molar-refractivity contribution >= 4 is 41.7 Å². The van der Waals surface area contributed by atoms with Gasteiger partial charge in [0.05, 0.1) is 0 Å². The van der Waals surface area contributed by atoms with Crippen molar-refractivity contribution in [2.45, 2.75) is 33.1 Å². The molecule has 0 aliphatic heterocycles. The molecule has 5 heteroatoms. The standard InChI is InChI=1S/C11H22Br2O2S/c1-10(2)7-11(8-12,9-13)5-4-6-16(3,14)15/h10H,4-9H2,1-3H3. The third-order valence-electron chi connectivity index (χ3n) is 2.63. The van der Waals surface area contributed by atoms with Crippen molar-refractivity contribution in [3.8, 4) is 0 Å². The molecule has 0 saturated carbocycles. The molecule has 98 valence electrons. The van der Waals surface area contributed by atoms with E-state index in [-0.39, 0.29) is 5.41 Å². The van der Waals surface area contributed by atoms with Gasteiger partial charge in [-0.25, -0.2) is 8.42 Å². The Morgan fingerprint density at radius 2 is 1.69 bits per heavy atom. The molecule has 0 heterocycles. The minimum atomic E-state index is -2.82. The van der Waals surface area contributed by atoms with Crippen molar-refractivity contribution in [3.05, 3.63) is 0 Å². The summed E-state index contributed by atoms with van der Waals surface area (Å²) in [6, 6.07) is 0. The van der Waals surface area contributed by atoms with Crippen LogP contribution in [-0.4, -0.2) is 31.1 Å². The second-order valence-corrected chi connectivity index (χ2v) is 8.48. The summed E-state index contributed by atoms with van der Waals surface area (Å²) in [5.41, 5.74) is 0.193. The van der Waals surface area contributed by atoms with E-state index < -0.39 is 9.84 Å². The monoisotopic (exact) mass is 376 g/mol. The maximum absolute atomic E-state index is 11.1. The van der Waals surface area contributed by atoms with E-state index in [2.05, 4.69) is 45.7 Å². The van der Waals surface area contributed by atoms with Gasteiger partial charge in [-0.05, 0) is 30.6 Å². The quantitative estimate of drug-likeness (QED) is 0.605. The van der Waals surface area contributed by atoms with Crippen molar-refractivity contribution < 1.29 is 8.42 Å². The van der Waals surface area contributed by atoms with Crippen LogP contribution in [-0.2, 0) is 9.84 Å². The summed E-state index contributed by atoms with van der Waals surface area (Å²) in [5.74, 6) is 0.931. The highest BCUT2D eigenvalue weighted by molar-refractivity contribution is 9.09. The minimum absolute atomic E-state index is 0.193. The molecule has 0 N–H and O–H groups in total. The number of hydrogen-bond acceptors (Lipinski definition) is 2. The molecule has 0 spiro atoms. The summed E-state index contributed by atoms with van der Waals surface area (Å²) >= 11 is 7.13. The van der Waals surface area contributed by atoms with E-state index in [9.17, 15) is 8.42 Å². The van der Waals surface area contributed by atoms with Gasteiger partial charge in [-0.3, -0.25) is 0 Å². The number of rotatable bonds is 8. The van der Waals surface area contributed by atoms with Gasteiger partial charge < -0.3 is 0 Å². The van der Waals surface area contributed by atoms with E-state index in [1.165, 1.54) is 6.26 Å². The van der Waals surface area contributed by atoms with Gasteiger partial charge in [-0.15, -0.1) is 0 Å². The van der Waals surface area contributed by atoms with E-state index in [0.29, 0.717) is 11.7 Å². The van der Waals surface area contributed by atoms with Crippen LogP contribution in [0.1, 0.15) is 33.1 Å². The first-order valence-electron chi connectivity index (χ1n) is 5.54. The summed E-state index contributed by atoms with van der Waals surface area (Å²) in [6.07, 6.45) is 4.13. The zero-order valence-electron chi connectivity index (χ0n) is 10.3. The zero-order valence-corrected chi connectivity index (χ0v) is 14.3. The van der Waals surface area contributed by atoms with Crippen molar-refractivity contribution in [2.24, 2.45) is 11.3 Å². The Balaban J connectivity index is 4.33. The average molecular weight is 378 g/mol. The van der Waals surface area contributed by atoms with E-state index in [1.54, 1.807) is 0 Å². The van der Waals surface area contributed by atoms with Gasteiger partial charge >= 0.3 is 0 Å². The molecule has 0 saturated heterocycles. The summed E-state index contributed by atoms with van der Waals surface area (Å²) in [7, 11) is -2.82. The Hall–Kier alpha value is 0.910. The van der Waals surface area contributed by atoms with Crippen LogP contribution < -0.4 is 0 Å². The molecule has 0 rings (SSSR count). The maximum Gasteiger partial charge on any atom is 0.147 e. The maximum atomic E-state index is 11.1. The Morgan fingerprint density at radius 1 is 1.19 bits per heavy atom. The fourth-order valence-corrected chi connectivity index (χ4v) is 4.57. The van der Waals surface area contributed by atoms with Crippen LogP contribution in [0, 0.1) is 11.3 Å². The van der Waals surface area contributed by atoms with Crippen LogP contribution in [0.5, 0.6) is 0 Å². The lowest BCUT2D eigenvalue weighted by Gasteiger charge is -2.31. The van der Waals surface area contributed by atoms with Gasteiger partial charge in [0, 0.05) is 22.7 Å². The van der Waals surface area contributed by atoms with E-state index in [0.717, 1.165) is 29.9 Å². The molecule has 0 fully saturated rings. The molecule has 0 aromatic carbocycles. The molecule has 2 nitrogen and oxygen atoms in total. The van der Waals surface area contributed by atoms with E-state index in [4.69, 9.17) is 0 Å². The second-order valence-electron chi connectivity index (χ2n) is 5.10. The lowest BCUT2D eigenvalue weighted by atomic mass is 9.80. The number of hydrogen-bond donors (Lipinski definition) is 0. The van der Waals surface area contributed by atoms with Crippen molar-refractivity contribution in [3.63, 3.8) is 0 Å². The van der Waals surface area contributed by atoms with Crippen LogP contribution in [0.15, 0.2) is 0 Å². The van der Waals surface area contributed by atoms with Crippen LogP contribution in [0.4, 0.5) is 0 Å². The van der Waals surface area contributed by atoms with E-state index >= 15 is 0 Å². The highest BCUT2D eigenvalue weighted by atomic mass is 79.9. The number of sulfone groups is 1. The van der Waals surface area contributed by atoms with Crippen LogP contribution >= 0.6 is 31.9 Å². The third kappa shape index (κ3) is 7.28. The normalized spacial score (nSPS) is 13.4. The first-order valence-corrected chi connectivity index (χ1v) is 9.85. The molecule has 0 aromatic heterocycles. The lowest BCUT2D eigenvalue weighted by molar-refractivity contribution is 0.282. The molecule has 0 aromatic rings. The first kappa shape index (κ1) is 16.9. The fourth-order valence-electron chi connectivity index (χ4n) is 1.96. The molecule has 0 atom stereocenters. The van der Waals surface area contributed by atoms with Gasteiger partial charge in [0.2, 0.25) is 0 Å². The predicted octanol–water partition coefficient (Wildman–Crippen LogP) is 3.63. The second kappa shape index (κ2) is 7.37. The Bertz CT molecular complexity index is 282. The minimum Gasteiger partial charge on any atom is -0.229 e. The lowest BCUT2D eigenvalue weighted by Crippen LogP contribution is -2.27. The fraction of sp³-hybridized carbons (Fsp3) is 1.00. The Labute approximate surface area is 117 Å². The SMILES string of the molecule is CC(C)CC(CBr)(CBr)CCCS(C)(=O)=O. The van der Waals surface area contributed by atoms with Gasteiger partial charge in [-0.1, -0.05) is 45.7 Å². The molecule has 0 aliphatic carbocycles. The molecule has 16 heavy (non-hydrogen) atoms. The largest absolute Gasteiger partial charge is 0.229 e. The van der Waals surface area contributed by atoms with Crippen LogP contribution in [0.3, 0.4) is 0 Å². The number of alkyl halides is 2. The molecule has 0 amide bonds. The highest BCUT2D eigenvalue weighted by Gasteiger charge is 2.28. The molecular weight excluding hydrogens is 356 g/mol. The molecule has 0 unspecified atom stereocenters. The van der Waals surface area contributed by atoms with Crippen LogP contribution in [0.25, 0.3) is 0 Å². The smallest absolute Gasteiger partial charge is 0.147 e. The van der Waals surface area contributed by atoms with Crippen molar-refractivity contribution in [1.82, 2.24) is 0 Å². The van der Waals surface area contributed by atoms with Crippen molar-refractivity contribution in [1.29, 1.82) is 0 Å². The van der Waals surface area contributed by atoms with Gasteiger partial charge in [-0.2, -0.15) is 0 Å². The Morgan fingerprint density at radius 3 is 2.00 bits per heavy atom. The predicted molar refractivity (Wildman–Crippen MR) is 78.4 cm³/mol.